The van der Waals surface area contributed by atoms with Crippen molar-refractivity contribution in [1.29, 1.82) is 0 Å². The number of fused-ring (bicyclic) bond motifs is 1. The number of anilines is 1. The molecule has 0 atom stereocenters. The summed E-state index contributed by atoms with van der Waals surface area (Å²) in [6.45, 7) is 0.256. The van der Waals surface area contributed by atoms with Crippen LogP contribution in [0.25, 0.3) is 0 Å². The highest BCUT2D eigenvalue weighted by Gasteiger charge is 2.16. The molecule has 26 heavy (non-hydrogen) atoms. The minimum Gasteiger partial charge on any atom is -0.454 e. The number of ether oxygens (including phenoxy) is 2. The van der Waals surface area contributed by atoms with Gasteiger partial charge in [-0.2, -0.15) is 0 Å². The minimum absolute atomic E-state index is 0.0357. The van der Waals surface area contributed by atoms with Gasteiger partial charge in [0.2, 0.25) is 6.79 Å². The van der Waals surface area contributed by atoms with Crippen LogP contribution in [0.2, 0.25) is 0 Å². The van der Waals surface area contributed by atoms with E-state index in [1.807, 2.05) is 54.6 Å². The second-order valence-corrected chi connectivity index (χ2v) is 6.33. The summed E-state index contributed by atoms with van der Waals surface area (Å²) in [6, 6.07) is 26.1. The Hall–Kier alpha value is -3.05. The molecule has 0 unspecified atom stereocenters. The Bertz CT molecular complexity index is 861. The molecule has 0 saturated heterocycles. The van der Waals surface area contributed by atoms with Gasteiger partial charge < -0.3 is 20.1 Å². The number of nitrogens with one attached hydrogen (secondary N) is 2. The lowest BCUT2D eigenvalue weighted by molar-refractivity contribution is 0.174. The molecule has 0 aromatic heterocycles. The van der Waals surface area contributed by atoms with Crippen LogP contribution in [0.15, 0.2) is 78.9 Å². The molecular weight excluding hydrogens is 344 g/mol. The van der Waals surface area contributed by atoms with Crippen molar-refractivity contribution in [3.05, 3.63) is 90.0 Å². The molecule has 0 spiro atoms. The first kappa shape index (κ1) is 16.4. The van der Waals surface area contributed by atoms with Crippen molar-refractivity contribution in [3.8, 4) is 11.5 Å². The van der Waals surface area contributed by atoms with Crippen LogP contribution in [0.1, 0.15) is 17.2 Å². The molecule has 130 valence electrons. The SMILES string of the molecule is S=C(Nc1ccc2c(c1)OCO2)NC(c1ccccc1)c1ccccc1. The van der Waals surface area contributed by atoms with Gasteiger partial charge in [0.1, 0.15) is 0 Å². The van der Waals surface area contributed by atoms with E-state index in [2.05, 4.69) is 34.9 Å². The fourth-order valence-electron chi connectivity index (χ4n) is 2.92. The normalized spacial score (nSPS) is 12.0. The first-order valence-corrected chi connectivity index (χ1v) is 8.77. The maximum Gasteiger partial charge on any atom is 0.231 e. The second kappa shape index (κ2) is 7.45. The fourth-order valence-corrected chi connectivity index (χ4v) is 3.16. The van der Waals surface area contributed by atoms with Crippen LogP contribution < -0.4 is 20.1 Å². The molecule has 0 aliphatic carbocycles. The van der Waals surface area contributed by atoms with Gasteiger partial charge in [0.05, 0.1) is 6.04 Å². The van der Waals surface area contributed by atoms with Crippen molar-refractivity contribution in [2.24, 2.45) is 0 Å². The zero-order chi connectivity index (χ0) is 17.8. The zero-order valence-electron chi connectivity index (χ0n) is 14.0. The highest BCUT2D eigenvalue weighted by molar-refractivity contribution is 7.80. The molecule has 5 heteroatoms. The molecule has 0 bridgehead atoms. The smallest absolute Gasteiger partial charge is 0.231 e. The summed E-state index contributed by atoms with van der Waals surface area (Å²) in [5, 5.41) is 7.18. The second-order valence-electron chi connectivity index (χ2n) is 5.92. The first-order valence-electron chi connectivity index (χ1n) is 8.37. The monoisotopic (exact) mass is 362 g/mol. The molecule has 1 heterocycles. The Kier molecular flexibility index (Phi) is 4.71. The van der Waals surface area contributed by atoms with Crippen LogP contribution in [0, 0.1) is 0 Å². The zero-order valence-corrected chi connectivity index (χ0v) is 14.8. The third-order valence-electron chi connectivity index (χ3n) is 4.17. The summed E-state index contributed by atoms with van der Waals surface area (Å²) in [4.78, 5) is 0. The molecule has 4 rings (SSSR count). The highest BCUT2D eigenvalue weighted by Crippen LogP contribution is 2.34. The van der Waals surface area contributed by atoms with Crippen LogP contribution in [0.5, 0.6) is 11.5 Å². The van der Waals surface area contributed by atoms with Crippen molar-refractivity contribution in [1.82, 2.24) is 5.32 Å². The van der Waals surface area contributed by atoms with Crippen molar-refractivity contribution in [3.63, 3.8) is 0 Å². The van der Waals surface area contributed by atoms with E-state index in [9.17, 15) is 0 Å². The molecule has 0 radical (unpaired) electrons. The Morgan fingerprint density at radius 2 is 1.42 bits per heavy atom. The van der Waals surface area contributed by atoms with Crippen LogP contribution in [0.4, 0.5) is 5.69 Å². The lowest BCUT2D eigenvalue weighted by atomic mass is 9.99. The van der Waals surface area contributed by atoms with Crippen molar-refractivity contribution < 1.29 is 9.47 Å². The van der Waals surface area contributed by atoms with Crippen LogP contribution in [-0.2, 0) is 0 Å². The first-order chi connectivity index (χ1) is 12.8. The topological polar surface area (TPSA) is 42.5 Å². The van der Waals surface area contributed by atoms with Gasteiger partial charge in [0, 0.05) is 11.8 Å². The lowest BCUT2D eigenvalue weighted by Crippen LogP contribution is -2.32. The molecular formula is C21H18N2O2S. The quantitative estimate of drug-likeness (QED) is 0.670. The number of thiocarbonyl (C=S) groups is 1. The molecule has 0 amide bonds. The molecule has 3 aromatic rings. The third kappa shape index (κ3) is 3.63. The maximum atomic E-state index is 5.55. The fraction of sp³-hybridized carbons (Fsp3) is 0.0952. The van der Waals surface area contributed by atoms with Gasteiger partial charge in [-0.3, -0.25) is 0 Å². The summed E-state index contributed by atoms with van der Waals surface area (Å²) in [5.41, 5.74) is 3.15. The predicted molar refractivity (Wildman–Crippen MR) is 107 cm³/mol. The molecule has 4 nitrogen and oxygen atoms in total. The molecule has 3 aromatic carbocycles. The number of hydrogen-bond donors (Lipinski definition) is 2. The molecule has 0 fully saturated rings. The van der Waals surface area contributed by atoms with E-state index in [1.54, 1.807) is 0 Å². The largest absolute Gasteiger partial charge is 0.454 e. The van der Waals surface area contributed by atoms with E-state index >= 15 is 0 Å². The molecule has 1 aliphatic heterocycles. The van der Waals surface area contributed by atoms with Crippen molar-refractivity contribution >= 4 is 23.0 Å². The molecule has 0 saturated carbocycles. The minimum atomic E-state index is -0.0357. The Morgan fingerprint density at radius 3 is 2.08 bits per heavy atom. The highest BCUT2D eigenvalue weighted by atomic mass is 32.1. The van der Waals surface area contributed by atoms with E-state index < -0.39 is 0 Å². The van der Waals surface area contributed by atoms with E-state index in [1.165, 1.54) is 0 Å². The van der Waals surface area contributed by atoms with Gasteiger partial charge in [-0.15, -0.1) is 0 Å². The van der Waals surface area contributed by atoms with Gasteiger partial charge in [0.15, 0.2) is 16.6 Å². The van der Waals surface area contributed by atoms with Crippen molar-refractivity contribution in [2.45, 2.75) is 6.04 Å². The summed E-state index contributed by atoms with van der Waals surface area (Å²) in [5.74, 6) is 1.47. The average molecular weight is 362 g/mol. The lowest BCUT2D eigenvalue weighted by Gasteiger charge is -2.22. The molecule has 2 N–H and O–H groups in total. The van der Waals surface area contributed by atoms with Crippen molar-refractivity contribution in [2.75, 3.05) is 12.1 Å². The molecule has 1 aliphatic rings. The van der Waals surface area contributed by atoms with E-state index in [0.717, 1.165) is 28.3 Å². The number of hydrogen-bond acceptors (Lipinski definition) is 3. The Morgan fingerprint density at radius 1 is 0.808 bits per heavy atom. The van der Waals surface area contributed by atoms with Gasteiger partial charge in [0.25, 0.3) is 0 Å². The van der Waals surface area contributed by atoms with Crippen LogP contribution >= 0.6 is 12.2 Å². The van der Waals surface area contributed by atoms with E-state index in [4.69, 9.17) is 21.7 Å². The van der Waals surface area contributed by atoms with E-state index in [0.29, 0.717) is 5.11 Å². The summed E-state index contributed by atoms with van der Waals surface area (Å²) < 4.78 is 10.8. The number of rotatable bonds is 4. The summed E-state index contributed by atoms with van der Waals surface area (Å²) in [7, 11) is 0. The maximum absolute atomic E-state index is 5.55. The predicted octanol–water partition coefficient (Wildman–Crippen LogP) is 4.49. The third-order valence-corrected chi connectivity index (χ3v) is 4.39. The van der Waals surface area contributed by atoms with E-state index in [-0.39, 0.29) is 12.8 Å². The van der Waals surface area contributed by atoms with Crippen LogP contribution in [-0.4, -0.2) is 11.9 Å². The Labute approximate surface area is 157 Å². The Balaban J connectivity index is 1.53. The average Bonchev–Trinajstić information content (AvgIpc) is 3.15. The van der Waals surface area contributed by atoms with Crippen LogP contribution in [0.3, 0.4) is 0 Å². The summed E-state index contributed by atoms with van der Waals surface area (Å²) >= 11 is 5.55. The standard InChI is InChI=1S/C21H18N2O2S/c26-21(22-17-11-12-18-19(13-17)25-14-24-18)23-20(15-7-3-1-4-8-15)16-9-5-2-6-10-16/h1-13,20H,14H2,(H2,22,23,26). The van der Waals surface area contributed by atoms with Gasteiger partial charge in [-0.1, -0.05) is 60.7 Å². The van der Waals surface area contributed by atoms with Gasteiger partial charge in [-0.05, 0) is 35.5 Å². The van der Waals surface area contributed by atoms with Gasteiger partial charge >= 0.3 is 0 Å². The van der Waals surface area contributed by atoms with Gasteiger partial charge in [-0.25, -0.2) is 0 Å². The number of benzene rings is 3. The summed E-state index contributed by atoms with van der Waals surface area (Å²) in [6.07, 6.45) is 0.